The lowest BCUT2D eigenvalue weighted by molar-refractivity contribution is 0.117. The van der Waals surface area contributed by atoms with E-state index in [0.717, 1.165) is 25.2 Å². The molecule has 1 atom stereocenters. The summed E-state index contributed by atoms with van der Waals surface area (Å²) in [7, 11) is 0. The first kappa shape index (κ1) is 18.4. The van der Waals surface area contributed by atoms with Gasteiger partial charge in [-0.3, -0.25) is 15.7 Å². The lowest BCUT2D eigenvalue weighted by Crippen LogP contribution is -2.23. The van der Waals surface area contributed by atoms with Crippen LogP contribution in [0.15, 0.2) is 47.6 Å². The molecular formula is C20H25N3O3. The Labute approximate surface area is 153 Å². The highest BCUT2D eigenvalue weighted by atomic mass is 16.5. The molecule has 1 aromatic heterocycles. The Bertz CT molecular complexity index is 755. The lowest BCUT2D eigenvalue weighted by atomic mass is 10.0. The Kier molecular flexibility index (Phi) is 6.20. The lowest BCUT2D eigenvalue weighted by Gasteiger charge is -2.11. The van der Waals surface area contributed by atoms with Crippen LogP contribution in [-0.2, 0) is 4.74 Å². The molecule has 0 amide bonds. The van der Waals surface area contributed by atoms with E-state index >= 15 is 0 Å². The zero-order valence-corrected chi connectivity index (χ0v) is 15.2. The molecule has 1 aromatic carbocycles. The van der Waals surface area contributed by atoms with Crippen molar-refractivity contribution in [1.82, 2.24) is 10.5 Å². The average Bonchev–Trinajstić information content (AvgIpc) is 3.16. The minimum Gasteiger partial charge on any atom is -0.439 e. The molecule has 0 bridgehead atoms. The molecule has 2 heterocycles. The second kappa shape index (κ2) is 8.78. The molecule has 0 spiro atoms. The van der Waals surface area contributed by atoms with E-state index in [1.807, 2.05) is 18.2 Å². The molecule has 2 aromatic rings. The molecule has 1 unspecified atom stereocenters. The van der Waals surface area contributed by atoms with E-state index in [0.29, 0.717) is 29.7 Å². The van der Waals surface area contributed by atoms with Gasteiger partial charge in [0.2, 0.25) is 5.88 Å². The molecule has 1 fully saturated rings. The summed E-state index contributed by atoms with van der Waals surface area (Å²) in [6.07, 6.45) is 3.81. The van der Waals surface area contributed by atoms with Gasteiger partial charge in [-0.15, -0.1) is 0 Å². The van der Waals surface area contributed by atoms with Crippen molar-refractivity contribution in [2.45, 2.75) is 38.7 Å². The molecule has 138 valence electrons. The van der Waals surface area contributed by atoms with Gasteiger partial charge >= 0.3 is 0 Å². The number of nitrogens with zero attached hydrogens (tertiary/aromatic N) is 2. The number of benzene rings is 1. The zero-order valence-electron chi connectivity index (χ0n) is 15.2. The summed E-state index contributed by atoms with van der Waals surface area (Å²) >= 11 is 0. The van der Waals surface area contributed by atoms with Gasteiger partial charge in [0.1, 0.15) is 5.75 Å². The van der Waals surface area contributed by atoms with Gasteiger partial charge in [0.15, 0.2) is 5.84 Å². The van der Waals surface area contributed by atoms with Crippen molar-refractivity contribution in [3.8, 4) is 11.6 Å². The van der Waals surface area contributed by atoms with Gasteiger partial charge in [-0.05, 0) is 42.5 Å². The van der Waals surface area contributed by atoms with Crippen LogP contribution < -0.4 is 10.2 Å². The van der Waals surface area contributed by atoms with Crippen LogP contribution in [-0.4, -0.2) is 35.3 Å². The number of hydrogen-bond donors (Lipinski definition) is 2. The molecule has 2 N–H and O–H groups in total. The predicted molar refractivity (Wildman–Crippen MR) is 100 cm³/mol. The minimum atomic E-state index is 0.120. The molecular weight excluding hydrogens is 330 g/mol. The first-order valence-electron chi connectivity index (χ1n) is 8.96. The van der Waals surface area contributed by atoms with Gasteiger partial charge in [-0.25, -0.2) is 4.98 Å². The van der Waals surface area contributed by atoms with E-state index < -0.39 is 0 Å². The van der Waals surface area contributed by atoms with Crippen molar-refractivity contribution < 1.29 is 14.7 Å². The number of hydrogen-bond acceptors (Lipinski definition) is 5. The van der Waals surface area contributed by atoms with Crippen LogP contribution >= 0.6 is 0 Å². The molecule has 1 saturated heterocycles. The number of aromatic nitrogens is 1. The summed E-state index contributed by atoms with van der Waals surface area (Å²) in [5, 5.41) is 9.45. The summed E-state index contributed by atoms with van der Waals surface area (Å²) < 4.78 is 11.4. The maximum atomic E-state index is 9.45. The average molecular weight is 355 g/mol. The van der Waals surface area contributed by atoms with Crippen molar-refractivity contribution in [2.24, 2.45) is 4.99 Å². The van der Waals surface area contributed by atoms with Gasteiger partial charge in [0, 0.05) is 24.4 Å². The molecule has 1 aliphatic heterocycles. The molecule has 0 radical (unpaired) electrons. The Morgan fingerprint density at radius 3 is 3.00 bits per heavy atom. The Hall–Kier alpha value is -2.44. The van der Waals surface area contributed by atoms with Gasteiger partial charge in [-0.1, -0.05) is 26.0 Å². The Morgan fingerprint density at radius 1 is 1.38 bits per heavy atom. The molecule has 1 aliphatic rings. The third kappa shape index (κ3) is 4.80. The van der Waals surface area contributed by atoms with Gasteiger partial charge in [0.25, 0.3) is 0 Å². The van der Waals surface area contributed by atoms with E-state index in [1.54, 1.807) is 18.3 Å². The molecule has 0 aliphatic carbocycles. The first-order chi connectivity index (χ1) is 12.7. The number of ether oxygens (including phenoxy) is 2. The quantitative estimate of drug-likeness (QED) is 0.467. The Morgan fingerprint density at radius 2 is 2.27 bits per heavy atom. The van der Waals surface area contributed by atoms with Crippen LogP contribution in [0.1, 0.15) is 43.7 Å². The molecule has 0 saturated carbocycles. The molecule has 6 heteroatoms. The van der Waals surface area contributed by atoms with Gasteiger partial charge in [-0.2, -0.15) is 0 Å². The van der Waals surface area contributed by atoms with E-state index in [4.69, 9.17) is 9.47 Å². The van der Waals surface area contributed by atoms with Crippen molar-refractivity contribution in [1.29, 1.82) is 0 Å². The van der Waals surface area contributed by atoms with E-state index in [9.17, 15) is 5.21 Å². The van der Waals surface area contributed by atoms with Gasteiger partial charge in [0.05, 0.1) is 12.6 Å². The third-order valence-electron chi connectivity index (χ3n) is 4.34. The largest absolute Gasteiger partial charge is 0.439 e. The normalized spacial score (nSPS) is 17.5. The fourth-order valence-corrected chi connectivity index (χ4v) is 2.84. The summed E-state index contributed by atoms with van der Waals surface area (Å²) in [4.78, 5) is 8.68. The van der Waals surface area contributed by atoms with Crippen molar-refractivity contribution >= 4 is 5.84 Å². The SMILES string of the molecule is CC(C)c1cccc(Oc2cc(C(=NCC3CCCO3)NO)ccn2)c1. The van der Waals surface area contributed by atoms with Crippen molar-refractivity contribution in [2.75, 3.05) is 13.2 Å². The number of amidine groups is 1. The maximum Gasteiger partial charge on any atom is 0.219 e. The fraction of sp³-hybridized carbons (Fsp3) is 0.400. The van der Waals surface area contributed by atoms with Crippen LogP contribution in [0.3, 0.4) is 0 Å². The summed E-state index contributed by atoms with van der Waals surface area (Å²) in [6.45, 7) is 5.58. The summed E-state index contributed by atoms with van der Waals surface area (Å²) in [6, 6.07) is 11.5. The second-order valence-electron chi connectivity index (χ2n) is 6.65. The molecule has 6 nitrogen and oxygen atoms in total. The monoisotopic (exact) mass is 355 g/mol. The predicted octanol–water partition coefficient (Wildman–Crippen LogP) is 3.90. The number of rotatable bonds is 6. The topological polar surface area (TPSA) is 76.0 Å². The van der Waals surface area contributed by atoms with Crippen molar-refractivity contribution in [3.05, 3.63) is 53.7 Å². The highest BCUT2D eigenvalue weighted by molar-refractivity contribution is 5.98. The van der Waals surface area contributed by atoms with Crippen LogP contribution in [0.25, 0.3) is 0 Å². The summed E-state index contributed by atoms with van der Waals surface area (Å²) in [5.74, 6) is 1.98. The highest BCUT2D eigenvalue weighted by Crippen LogP contribution is 2.24. The molecule has 26 heavy (non-hydrogen) atoms. The van der Waals surface area contributed by atoms with E-state index in [-0.39, 0.29) is 6.10 Å². The van der Waals surface area contributed by atoms with Crippen LogP contribution in [0.2, 0.25) is 0 Å². The smallest absolute Gasteiger partial charge is 0.219 e. The number of pyridine rings is 1. The minimum absolute atomic E-state index is 0.120. The highest BCUT2D eigenvalue weighted by Gasteiger charge is 2.15. The van der Waals surface area contributed by atoms with Crippen molar-refractivity contribution in [3.63, 3.8) is 0 Å². The third-order valence-corrected chi connectivity index (χ3v) is 4.34. The second-order valence-corrected chi connectivity index (χ2v) is 6.65. The van der Waals surface area contributed by atoms with Crippen LogP contribution in [0, 0.1) is 0 Å². The van der Waals surface area contributed by atoms with Crippen LogP contribution in [0.5, 0.6) is 11.6 Å². The Balaban J connectivity index is 1.74. The maximum absolute atomic E-state index is 9.45. The van der Waals surface area contributed by atoms with Gasteiger partial charge < -0.3 is 9.47 Å². The number of nitrogens with one attached hydrogen (secondary N) is 1. The van der Waals surface area contributed by atoms with E-state index in [2.05, 4.69) is 35.4 Å². The zero-order chi connectivity index (χ0) is 18.4. The van der Waals surface area contributed by atoms with Crippen LogP contribution in [0.4, 0.5) is 0 Å². The van der Waals surface area contributed by atoms with E-state index in [1.165, 1.54) is 5.56 Å². The number of hydroxylamine groups is 1. The first-order valence-corrected chi connectivity index (χ1v) is 8.96. The fourth-order valence-electron chi connectivity index (χ4n) is 2.84. The standard InChI is InChI=1S/C20H25N3O3/c1-14(2)15-5-3-6-17(11-15)26-19-12-16(8-9-21-19)20(23-24)22-13-18-7-4-10-25-18/h3,5-6,8-9,11-12,14,18,24H,4,7,10,13H2,1-2H3,(H,22,23). The summed E-state index contributed by atoms with van der Waals surface area (Å²) in [5.41, 5.74) is 4.08. The number of aliphatic imine (C=N–C) groups is 1. The molecule has 3 rings (SSSR count).